The smallest absolute Gasteiger partial charge is 0.178 e. The molecule has 5 atom stereocenters. The maximum absolute atomic E-state index is 12.0. The van der Waals surface area contributed by atoms with Crippen molar-refractivity contribution in [2.75, 3.05) is 0 Å². The van der Waals surface area contributed by atoms with Crippen LogP contribution in [0.2, 0.25) is 0 Å². The molecule has 0 radical (unpaired) electrons. The molecule has 1 aromatic rings. The van der Waals surface area contributed by atoms with E-state index < -0.39 is 0 Å². The Bertz CT molecular complexity index is 934. The minimum atomic E-state index is 0.0233. The molecule has 0 amide bonds. The number of aromatic nitrogens is 1. The third-order valence-electron chi connectivity index (χ3n) is 7.90. The number of carbonyl (C=O) groups is 1. The van der Waals surface area contributed by atoms with Gasteiger partial charge in [-0.05, 0) is 66.4 Å². The highest BCUT2D eigenvalue weighted by atomic mass is 16.1. The second-order valence-corrected chi connectivity index (χ2v) is 9.28. The molecule has 0 N–H and O–H groups in total. The molecule has 0 bridgehead atoms. The van der Waals surface area contributed by atoms with Crippen molar-refractivity contribution in [3.8, 4) is 0 Å². The Kier molecular flexibility index (Phi) is 3.53. The van der Waals surface area contributed by atoms with Crippen LogP contribution in [-0.4, -0.2) is 10.8 Å². The van der Waals surface area contributed by atoms with E-state index in [9.17, 15) is 4.79 Å². The maximum Gasteiger partial charge on any atom is 0.178 e. The molecule has 3 unspecified atom stereocenters. The van der Waals surface area contributed by atoms with Crippen molar-refractivity contribution in [2.24, 2.45) is 28.6 Å². The number of hydrogen-bond donors (Lipinski definition) is 0. The summed E-state index contributed by atoms with van der Waals surface area (Å²) in [4.78, 5) is 16.4. The third-order valence-corrected chi connectivity index (χ3v) is 7.90. The zero-order valence-corrected chi connectivity index (χ0v) is 16.4. The molecule has 4 aliphatic rings. The standard InChI is InChI=1S/C25H27NO/c1-16-13-19-21-7-6-20(17-5-4-12-26-15-17)24(21,2)11-9-22(19)25(3)10-8-18(27)14-23(16)25/h4-8,10,12,14-16,19,22H,9,11,13H2,1-3H3/t16?,19?,22?,24-,25-/m1/s1. The molecule has 0 saturated heterocycles. The highest BCUT2D eigenvalue weighted by Gasteiger charge is 2.55. The van der Waals surface area contributed by atoms with E-state index in [0.717, 1.165) is 6.42 Å². The van der Waals surface area contributed by atoms with Gasteiger partial charge in [-0.2, -0.15) is 0 Å². The highest BCUT2D eigenvalue weighted by Crippen LogP contribution is 2.65. The van der Waals surface area contributed by atoms with E-state index in [1.54, 1.807) is 11.6 Å². The lowest BCUT2D eigenvalue weighted by Gasteiger charge is -2.56. The van der Waals surface area contributed by atoms with Crippen LogP contribution in [0.3, 0.4) is 0 Å². The molecule has 27 heavy (non-hydrogen) atoms. The Morgan fingerprint density at radius 1 is 1.19 bits per heavy atom. The zero-order valence-electron chi connectivity index (χ0n) is 16.4. The van der Waals surface area contributed by atoms with Crippen molar-refractivity contribution in [2.45, 2.75) is 40.0 Å². The Morgan fingerprint density at radius 2 is 2.04 bits per heavy atom. The fourth-order valence-corrected chi connectivity index (χ4v) is 6.54. The molecular weight excluding hydrogens is 330 g/mol. The molecule has 2 saturated carbocycles. The van der Waals surface area contributed by atoms with Gasteiger partial charge in [0.05, 0.1) is 0 Å². The Hall–Kier alpha value is -2.22. The summed E-state index contributed by atoms with van der Waals surface area (Å²) in [7, 11) is 0. The number of rotatable bonds is 1. The van der Waals surface area contributed by atoms with Crippen LogP contribution in [0.25, 0.3) is 5.57 Å². The van der Waals surface area contributed by atoms with Crippen LogP contribution in [0.15, 0.2) is 66.1 Å². The van der Waals surface area contributed by atoms with E-state index in [1.165, 1.54) is 29.6 Å². The lowest BCUT2D eigenvalue weighted by molar-refractivity contribution is -0.110. The number of carbonyl (C=O) groups excluding carboxylic acids is 1. The van der Waals surface area contributed by atoms with Crippen LogP contribution >= 0.6 is 0 Å². The number of pyridine rings is 1. The highest BCUT2D eigenvalue weighted by molar-refractivity contribution is 6.01. The minimum Gasteiger partial charge on any atom is -0.290 e. The summed E-state index contributed by atoms with van der Waals surface area (Å²) in [6.45, 7) is 7.10. The lowest BCUT2D eigenvalue weighted by atomic mass is 9.47. The van der Waals surface area contributed by atoms with Crippen LogP contribution in [0.1, 0.15) is 45.6 Å². The van der Waals surface area contributed by atoms with Crippen LogP contribution < -0.4 is 0 Å². The number of nitrogens with zero attached hydrogens (tertiary/aromatic N) is 1. The lowest BCUT2D eigenvalue weighted by Crippen LogP contribution is -2.48. The first-order chi connectivity index (χ1) is 12.9. The van der Waals surface area contributed by atoms with Crippen LogP contribution in [0, 0.1) is 28.6 Å². The molecule has 1 heterocycles. The fraction of sp³-hybridized carbons (Fsp3) is 0.440. The summed E-state index contributed by atoms with van der Waals surface area (Å²) in [5.41, 5.74) is 5.79. The monoisotopic (exact) mass is 357 g/mol. The molecule has 2 heteroatoms. The van der Waals surface area contributed by atoms with Crippen molar-refractivity contribution in [3.63, 3.8) is 0 Å². The molecule has 138 valence electrons. The van der Waals surface area contributed by atoms with Crippen molar-refractivity contribution in [1.29, 1.82) is 0 Å². The molecule has 2 nitrogen and oxygen atoms in total. The quantitative estimate of drug-likeness (QED) is 0.659. The molecule has 0 spiro atoms. The first kappa shape index (κ1) is 16.9. The minimum absolute atomic E-state index is 0.0233. The van der Waals surface area contributed by atoms with E-state index in [2.05, 4.69) is 50.0 Å². The van der Waals surface area contributed by atoms with Gasteiger partial charge in [-0.1, -0.05) is 56.2 Å². The average Bonchev–Trinajstić information content (AvgIpc) is 3.01. The van der Waals surface area contributed by atoms with Gasteiger partial charge in [0.15, 0.2) is 5.78 Å². The predicted octanol–water partition coefficient (Wildman–Crippen LogP) is 5.55. The van der Waals surface area contributed by atoms with Gasteiger partial charge in [0, 0.05) is 23.2 Å². The van der Waals surface area contributed by atoms with Crippen molar-refractivity contribution in [1.82, 2.24) is 4.98 Å². The SMILES string of the molecule is CC1CC2C3=CC=C(c4cccnc4)[C@@]3(C)CCC2[C@@]2(C)C=CC(=O)C=C12. The Labute approximate surface area is 161 Å². The maximum atomic E-state index is 12.0. The van der Waals surface area contributed by atoms with Gasteiger partial charge in [0.2, 0.25) is 0 Å². The van der Waals surface area contributed by atoms with Gasteiger partial charge in [-0.15, -0.1) is 0 Å². The Balaban J connectivity index is 1.54. The van der Waals surface area contributed by atoms with Gasteiger partial charge < -0.3 is 0 Å². The van der Waals surface area contributed by atoms with Crippen LogP contribution in [0.4, 0.5) is 0 Å². The number of allylic oxidation sites excluding steroid dienone is 8. The molecule has 5 rings (SSSR count). The third kappa shape index (κ3) is 2.25. The Morgan fingerprint density at radius 3 is 2.81 bits per heavy atom. The molecule has 2 fully saturated rings. The fourth-order valence-electron chi connectivity index (χ4n) is 6.54. The van der Waals surface area contributed by atoms with Crippen LogP contribution in [0.5, 0.6) is 0 Å². The second kappa shape index (κ2) is 5.64. The first-order valence-corrected chi connectivity index (χ1v) is 10.2. The first-order valence-electron chi connectivity index (χ1n) is 10.2. The summed E-state index contributed by atoms with van der Waals surface area (Å²) in [6.07, 6.45) is 18.1. The van der Waals surface area contributed by atoms with Gasteiger partial charge in [0.25, 0.3) is 0 Å². The summed E-state index contributed by atoms with van der Waals surface area (Å²) >= 11 is 0. The van der Waals surface area contributed by atoms with Crippen LogP contribution in [-0.2, 0) is 4.79 Å². The topological polar surface area (TPSA) is 30.0 Å². The van der Waals surface area contributed by atoms with E-state index in [4.69, 9.17) is 0 Å². The largest absolute Gasteiger partial charge is 0.290 e. The zero-order chi connectivity index (χ0) is 18.8. The molecule has 1 aromatic heterocycles. The molecule has 0 aromatic carbocycles. The molecular formula is C25H27NO. The van der Waals surface area contributed by atoms with Crippen molar-refractivity contribution in [3.05, 3.63) is 71.6 Å². The molecule has 0 aliphatic heterocycles. The average molecular weight is 357 g/mol. The van der Waals surface area contributed by atoms with Gasteiger partial charge in [-0.3, -0.25) is 9.78 Å². The second-order valence-electron chi connectivity index (χ2n) is 9.28. The summed E-state index contributed by atoms with van der Waals surface area (Å²) in [5, 5.41) is 0. The number of hydrogen-bond acceptors (Lipinski definition) is 2. The number of fused-ring (bicyclic) bond motifs is 5. The van der Waals surface area contributed by atoms with Crippen molar-refractivity contribution >= 4 is 11.4 Å². The van der Waals surface area contributed by atoms with Gasteiger partial charge >= 0.3 is 0 Å². The summed E-state index contributed by atoms with van der Waals surface area (Å²) in [6, 6.07) is 4.22. The predicted molar refractivity (Wildman–Crippen MR) is 109 cm³/mol. The van der Waals surface area contributed by atoms with Crippen molar-refractivity contribution < 1.29 is 4.79 Å². The molecule has 4 aliphatic carbocycles. The van der Waals surface area contributed by atoms with E-state index in [-0.39, 0.29) is 16.6 Å². The van der Waals surface area contributed by atoms with Gasteiger partial charge in [0.1, 0.15) is 0 Å². The van der Waals surface area contributed by atoms with E-state index >= 15 is 0 Å². The summed E-state index contributed by atoms with van der Waals surface area (Å²) in [5.74, 6) is 1.79. The number of ketones is 1. The summed E-state index contributed by atoms with van der Waals surface area (Å²) < 4.78 is 0. The van der Waals surface area contributed by atoms with E-state index in [1.807, 2.05) is 24.5 Å². The van der Waals surface area contributed by atoms with Gasteiger partial charge in [-0.25, -0.2) is 0 Å². The van der Waals surface area contributed by atoms with E-state index in [0.29, 0.717) is 17.8 Å². The normalized spacial score (nSPS) is 39.7.